The van der Waals surface area contributed by atoms with Crippen molar-refractivity contribution in [2.75, 3.05) is 13.2 Å². The van der Waals surface area contributed by atoms with E-state index in [0.29, 0.717) is 38.4 Å². The predicted molar refractivity (Wildman–Crippen MR) is 71.7 cm³/mol. The van der Waals surface area contributed by atoms with Gasteiger partial charge in [0.1, 0.15) is 0 Å². The van der Waals surface area contributed by atoms with Crippen molar-refractivity contribution in [3.05, 3.63) is 0 Å². The Bertz CT molecular complexity index is 317. The van der Waals surface area contributed by atoms with E-state index in [1.807, 2.05) is 20.8 Å². The summed E-state index contributed by atoms with van der Waals surface area (Å²) in [7, 11) is 0. The molecule has 19 heavy (non-hydrogen) atoms. The van der Waals surface area contributed by atoms with E-state index < -0.39 is 5.97 Å². The fourth-order valence-electron chi connectivity index (χ4n) is 2.39. The molecule has 0 saturated heterocycles. The van der Waals surface area contributed by atoms with E-state index in [1.54, 1.807) is 0 Å². The molecule has 0 heterocycles. The average Bonchev–Trinajstić information content (AvgIpc) is 2.83. The number of hydrogen-bond donors (Lipinski definition) is 2. The summed E-state index contributed by atoms with van der Waals surface area (Å²) in [4.78, 5) is 23.0. The van der Waals surface area contributed by atoms with E-state index in [0.717, 1.165) is 0 Å². The number of ether oxygens (including phenoxy) is 1. The van der Waals surface area contributed by atoms with Crippen molar-refractivity contribution in [3.63, 3.8) is 0 Å². The van der Waals surface area contributed by atoms with Gasteiger partial charge in [-0.15, -0.1) is 0 Å². The van der Waals surface area contributed by atoms with Gasteiger partial charge in [-0.25, -0.2) is 0 Å². The van der Waals surface area contributed by atoms with Crippen LogP contribution in [0.4, 0.5) is 0 Å². The Labute approximate surface area is 114 Å². The summed E-state index contributed by atoms with van der Waals surface area (Å²) in [5.74, 6) is -1.04. The minimum absolute atomic E-state index is 0.00340. The Morgan fingerprint density at radius 2 is 1.95 bits per heavy atom. The van der Waals surface area contributed by atoms with Crippen molar-refractivity contribution in [1.82, 2.24) is 5.32 Å². The lowest BCUT2D eigenvalue weighted by Gasteiger charge is -2.23. The molecular weight excluding hydrogens is 246 g/mol. The van der Waals surface area contributed by atoms with Crippen molar-refractivity contribution < 1.29 is 19.4 Å². The fourth-order valence-corrected chi connectivity index (χ4v) is 2.39. The first-order chi connectivity index (χ1) is 8.95. The van der Waals surface area contributed by atoms with E-state index in [-0.39, 0.29) is 23.8 Å². The summed E-state index contributed by atoms with van der Waals surface area (Å²) in [5, 5.41) is 11.9. The zero-order valence-electron chi connectivity index (χ0n) is 12.0. The second-order valence-corrected chi connectivity index (χ2v) is 5.56. The van der Waals surface area contributed by atoms with Gasteiger partial charge >= 0.3 is 5.97 Å². The Kier molecular flexibility index (Phi) is 6.28. The van der Waals surface area contributed by atoms with Crippen LogP contribution < -0.4 is 5.32 Å². The smallest absolute Gasteiger partial charge is 0.306 e. The molecular formula is C14H25NO4. The highest BCUT2D eigenvalue weighted by Gasteiger charge is 2.34. The Morgan fingerprint density at radius 1 is 1.32 bits per heavy atom. The molecule has 0 aliphatic heterocycles. The van der Waals surface area contributed by atoms with Gasteiger partial charge in [-0.3, -0.25) is 9.59 Å². The number of carboxylic acids is 1. The van der Waals surface area contributed by atoms with E-state index in [2.05, 4.69) is 5.32 Å². The zero-order chi connectivity index (χ0) is 14.4. The normalized spacial score (nSPS) is 24.4. The number of amides is 1. The van der Waals surface area contributed by atoms with Gasteiger partial charge in [0.2, 0.25) is 5.91 Å². The summed E-state index contributed by atoms with van der Waals surface area (Å²) >= 11 is 0. The van der Waals surface area contributed by atoms with Gasteiger partial charge in [-0.05, 0) is 32.1 Å². The molecule has 1 fully saturated rings. The predicted octanol–water partition coefficient (Wildman–Crippen LogP) is 1.66. The first kappa shape index (κ1) is 16.0. The third-order valence-electron chi connectivity index (χ3n) is 3.79. The second-order valence-electron chi connectivity index (χ2n) is 5.56. The average molecular weight is 271 g/mol. The molecule has 0 spiro atoms. The SMILES string of the molecule is CCOCC(NC(=O)C1CCC(C(=O)O)C1)C(C)C. The lowest BCUT2D eigenvalue weighted by atomic mass is 10.0. The van der Waals surface area contributed by atoms with Crippen molar-refractivity contribution >= 4 is 11.9 Å². The van der Waals surface area contributed by atoms with Gasteiger partial charge in [-0.1, -0.05) is 13.8 Å². The Hall–Kier alpha value is -1.10. The standard InChI is InChI=1S/C14H25NO4/c1-4-19-8-12(9(2)3)15-13(16)10-5-6-11(7-10)14(17)18/h9-12H,4-8H2,1-3H3,(H,15,16)(H,17,18). The van der Waals surface area contributed by atoms with Gasteiger partial charge in [0, 0.05) is 12.5 Å². The first-order valence-corrected chi connectivity index (χ1v) is 7.06. The van der Waals surface area contributed by atoms with Crippen LogP contribution in [0.1, 0.15) is 40.0 Å². The van der Waals surface area contributed by atoms with E-state index in [1.165, 1.54) is 0 Å². The third-order valence-corrected chi connectivity index (χ3v) is 3.79. The zero-order valence-corrected chi connectivity index (χ0v) is 12.0. The molecule has 3 atom stereocenters. The largest absolute Gasteiger partial charge is 0.481 e. The topological polar surface area (TPSA) is 75.6 Å². The summed E-state index contributed by atoms with van der Waals surface area (Å²) in [6.45, 7) is 7.14. The van der Waals surface area contributed by atoms with Crippen LogP contribution in [-0.4, -0.2) is 36.2 Å². The summed E-state index contributed by atoms with van der Waals surface area (Å²) < 4.78 is 5.37. The maximum absolute atomic E-state index is 12.1. The molecule has 1 rings (SSSR count). The van der Waals surface area contributed by atoms with Crippen LogP contribution >= 0.6 is 0 Å². The Morgan fingerprint density at radius 3 is 2.42 bits per heavy atom. The minimum atomic E-state index is -0.787. The molecule has 2 N–H and O–H groups in total. The molecule has 110 valence electrons. The number of carboxylic acid groups (broad SMARTS) is 1. The number of aliphatic carboxylic acids is 1. The molecule has 3 unspecified atom stereocenters. The summed E-state index contributed by atoms with van der Waals surface area (Å²) in [5.41, 5.74) is 0. The maximum Gasteiger partial charge on any atom is 0.306 e. The van der Waals surface area contributed by atoms with Crippen LogP contribution in [-0.2, 0) is 14.3 Å². The number of carbonyl (C=O) groups excluding carboxylic acids is 1. The highest BCUT2D eigenvalue weighted by Crippen LogP contribution is 2.31. The third kappa shape index (κ3) is 4.82. The van der Waals surface area contributed by atoms with Crippen LogP contribution in [0.2, 0.25) is 0 Å². The molecule has 0 aromatic rings. The number of carbonyl (C=O) groups is 2. The van der Waals surface area contributed by atoms with Crippen molar-refractivity contribution in [2.24, 2.45) is 17.8 Å². The quantitative estimate of drug-likeness (QED) is 0.738. The molecule has 5 heteroatoms. The minimum Gasteiger partial charge on any atom is -0.481 e. The number of rotatable bonds is 7. The lowest BCUT2D eigenvalue weighted by molar-refractivity contribution is -0.141. The molecule has 0 aromatic carbocycles. The number of hydrogen-bond acceptors (Lipinski definition) is 3. The number of nitrogens with one attached hydrogen (secondary N) is 1. The molecule has 1 amide bonds. The highest BCUT2D eigenvalue weighted by molar-refractivity contribution is 5.81. The van der Waals surface area contributed by atoms with Crippen LogP contribution in [0.5, 0.6) is 0 Å². The molecule has 1 aliphatic rings. The van der Waals surface area contributed by atoms with Crippen LogP contribution in [0.25, 0.3) is 0 Å². The van der Waals surface area contributed by atoms with Crippen molar-refractivity contribution in [2.45, 2.75) is 46.1 Å². The van der Waals surface area contributed by atoms with E-state index in [9.17, 15) is 9.59 Å². The molecule has 1 saturated carbocycles. The van der Waals surface area contributed by atoms with Gasteiger partial charge in [0.05, 0.1) is 18.6 Å². The lowest BCUT2D eigenvalue weighted by Crippen LogP contribution is -2.44. The molecule has 5 nitrogen and oxygen atoms in total. The fraction of sp³-hybridized carbons (Fsp3) is 0.857. The summed E-state index contributed by atoms with van der Waals surface area (Å²) in [6, 6.07) is -0.00340. The van der Waals surface area contributed by atoms with Crippen molar-refractivity contribution in [3.8, 4) is 0 Å². The monoisotopic (exact) mass is 271 g/mol. The van der Waals surface area contributed by atoms with Crippen LogP contribution in [0.3, 0.4) is 0 Å². The van der Waals surface area contributed by atoms with Gasteiger partial charge in [0.25, 0.3) is 0 Å². The van der Waals surface area contributed by atoms with Gasteiger partial charge in [-0.2, -0.15) is 0 Å². The van der Waals surface area contributed by atoms with E-state index in [4.69, 9.17) is 9.84 Å². The summed E-state index contributed by atoms with van der Waals surface area (Å²) in [6.07, 6.45) is 1.73. The highest BCUT2D eigenvalue weighted by atomic mass is 16.5. The van der Waals surface area contributed by atoms with Crippen molar-refractivity contribution in [1.29, 1.82) is 0 Å². The molecule has 1 aliphatic carbocycles. The van der Waals surface area contributed by atoms with Gasteiger partial charge < -0.3 is 15.2 Å². The molecule has 0 bridgehead atoms. The Balaban J connectivity index is 2.46. The van der Waals surface area contributed by atoms with Crippen LogP contribution in [0.15, 0.2) is 0 Å². The van der Waals surface area contributed by atoms with E-state index >= 15 is 0 Å². The molecule has 0 aromatic heterocycles. The second kappa shape index (κ2) is 7.48. The first-order valence-electron chi connectivity index (χ1n) is 7.06. The maximum atomic E-state index is 12.1. The van der Waals surface area contributed by atoms with Crippen LogP contribution in [0, 0.1) is 17.8 Å². The van der Waals surface area contributed by atoms with Gasteiger partial charge in [0.15, 0.2) is 0 Å². The molecule has 0 radical (unpaired) electrons.